The molecule has 1 aliphatic rings. The smallest absolute Gasteiger partial charge is 0.255 e. The number of amides is 3. The minimum Gasteiger partial charge on any atom is -0.496 e. The van der Waals surface area contributed by atoms with E-state index >= 15 is 0 Å². The Hall–Kier alpha value is -3.44. The number of carbonyl (C=O) groups is 3. The molecule has 0 spiro atoms. The zero-order valence-corrected chi connectivity index (χ0v) is 20.0. The van der Waals surface area contributed by atoms with Gasteiger partial charge in [0.2, 0.25) is 21.8 Å². The first-order valence-corrected chi connectivity index (χ1v) is 12.2. The van der Waals surface area contributed by atoms with Crippen molar-refractivity contribution in [3.05, 3.63) is 54.1 Å². The highest BCUT2D eigenvalue weighted by Gasteiger charge is 2.30. The van der Waals surface area contributed by atoms with Crippen molar-refractivity contribution in [2.24, 2.45) is 5.92 Å². The number of rotatable bonds is 8. The molecule has 3 rings (SSSR count). The molecule has 0 aliphatic carbocycles. The van der Waals surface area contributed by atoms with Crippen LogP contribution in [0.1, 0.15) is 24.2 Å². The first-order chi connectivity index (χ1) is 16.1. The second kappa shape index (κ2) is 10.7. The number of methoxy groups -OCH3 is 1. The van der Waals surface area contributed by atoms with Gasteiger partial charge in [-0.1, -0.05) is 32.0 Å². The summed E-state index contributed by atoms with van der Waals surface area (Å²) in [6.45, 7) is 3.71. The van der Waals surface area contributed by atoms with Crippen LogP contribution >= 0.6 is 0 Å². The summed E-state index contributed by atoms with van der Waals surface area (Å²) in [6.07, 6.45) is 0. The Balaban J connectivity index is 1.76. The first kappa shape index (κ1) is 25.2. The SMILES string of the molecule is COc1ccccc1C(=O)NC(C(=O)Nc1cccc(S(=O)(=O)N2CCNC(=O)C2)c1)C(C)C. The lowest BCUT2D eigenvalue weighted by atomic mass is 10.0. The third kappa shape index (κ3) is 5.72. The molecule has 1 aliphatic heterocycles. The van der Waals surface area contributed by atoms with Gasteiger partial charge >= 0.3 is 0 Å². The van der Waals surface area contributed by atoms with Crippen LogP contribution in [-0.2, 0) is 19.6 Å². The monoisotopic (exact) mass is 488 g/mol. The Morgan fingerprint density at radius 2 is 1.85 bits per heavy atom. The quantitative estimate of drug-likeness (QED) is 0.511. The number of piperazine rings is 1. The highest BCUT2D eigenvalue weighted by Crippen LogP contribution is 2.21. The minimum atomic E-state index is -3.91. The standard InChI is InChI=1S/C23H28N4O6S/c1-15(2)21(26-22(29)18-9-4-5-10-19(18)33-3)23(30)25-16-7-6-8-17(13-16)34(31,32)27-12-11-24-20(28)14-27/h4-10,13,15,21H,11-12,14H2,1-3H3,(H,24,28)(H,25,30)(H,26,29). The van der Waals surface area contributed by atoms with Crippen LogP contribution in [0.3, 0.4) is 0 Å². The van der Waals surface area contributed by atoms with Gasteiger partial charge in [0.05, 0.1) is 24.1 Å². The zero-order chi connectivity index (χ0) is 24.9. The molecule has 0 aromatic heterocycles. The maximum absolute atomic E-state index is 13.0. The third-order valence-corrected chi connectivity index (χ3v) is 7.17. The molecular weight excluding hydrogens is 460 g/mol. The molecule has 10 nitrogen and oxygen atoms in total. The van der Waals surface area contributed by atoms with Crippen LogP contribution in [0.4, 0.5) is 5.69 Å². The molecule has 3 N–H and O–H groups in total. The number of anilines is 1. The van der Waals surface area contributed by atoms with Crippen molar-refractivity contribution in [1.82, 2.24) is 14.9 Å². The highest BCUT2D eigenvalue weighted by atomic mass is 32.2. The molecule has 1 fully saturated rings. The number of nitrogens with zero attached hydrogens (tertiary/aromatic N) is 1. The predicted molar refractivity (Wildman–Crippen MR) is 126 cm³/mol. The molecule has 34 heavy (non-hydrogen) atoms. The number of carbonyl (C=O) groups excluding carboxylic acids is 3. The Bertz CT molecular complexity index is 1180. The molecule has 3 amide bonds. The lowest BCUT2D eigenvalue weighted by Gasteiger charge is -2.26. The molecule has 0 bridgehead atoms. The second-order valence-electron chi connectivity index (χ2n) is 8.10. The molecule has 11 heteroatoms. The summed E-state index contributed by atoms with van der Waals surface area (Å²) in [6, 6.07) is 11.6. The normalized spacial score (nSPS) is 15.4. The largest absolute Gasteiger partial charge is 0.496 e. The lowest BCUT2D eigenvalue weighted by Crippen LogP contribution is -2.49. The Morgan fingerprint density at radius 3 is 2.53 bits per heavy atom. The fraction of sp³-hybridized carbons (Fsp3) is 0.348. The van der Waals surface area contributed by atoms with Crippen molar-refractivity contribution in [2.75, 3.05) is 32.1 Å². The van der Waals surface area contributed by atoms with Crippen LogP contribution in [0, 0.1) is 5.92 Å². The van der Waals surface area contributed by atoms with E-state index < -0.39 is 27.9 Å². The van der Waals surface area contributed by atoms with Gasteiger partial charge in [0, 0.05) is 18.8 Å². The van der Waals surface area contributed by atoms with Crippen molar-refractivity contribution in [3.8, 4) is 5.75 Å². The molecule has 2 aromatic carbocycles. The Labute approximate surface area is 198 Å². The second-order valence-corrected chi connectivity index (χ2v) is 10.0. The Kier molecular flexibility index (Phi) is 7.90. The number of hydrogen-bond donors (Lipinski definition) is 3. The van der Waals surface area contributed by atoms with Gasteiger partial charge in [-0.25, -0.2) is 8.42 Å². The molecule has 182 valence electrons. The van der Waals surface area contributed by atoms with Gasteiger partial charge in [0.15, 0.2) is 0 Å². The van der Waals surface area contributed by atoms with Crippen LogP contribution < -0.4 is 20.7 Å². The summed E-state index contributed by atoms with van der Waals surface area (Å²) in [5.74, 6) is -1.20. The van der Waals surface area contributed by atoms with Crippen LogP contribution in [0.5, 0.6) is 5.75 Å². The van der Waals surface area contributed by atoms with Crippen LogP contribution in [-0.4, -0.2) is 63.2 Å². The van der Waals surface area contributed by atoms with Crippen molar-refractivity contribution in [3.63, 3.8) is 0 Å². The number of benzene rings is 2. The highest BCUT2D eigenvalue weighted by molar-refractivity contribution is 7.89. The number of hydrogen-bond acceptors (Lipinski definition) is 6. The number of ether oxygens (including phenoxy) is 1. The maximum atomic E-state index is 13.0. The molecule has 2 aromatic rings. The van der Waals surface area contributed by atoms with Crippen molar-refractivity contribution in [2.45, 2.75) is 24.8 Å². The average Bonchev–Trinajstić information content (AvgIpc) is 2.82. The summed E-state index contributed by atoms with van der Waals surface area (Å²) in [4.78, 5) is 37.4. The predicted octanol–water partition coefficient (Wildman–Crippen LogP) is 1.21. The van der Waals surface area contributed by atoms with E-state index in [2.05, 4.69) is 16.0 Å². The minimum absolute atomic E-state index is 0.0424. The summed E-state index contributed by atoms with van der Waals surface area (Å²) < 4.78 is 32.2. The van der Waals surface area contributed by atoms with E-state index in [0.29, 0.717) is 11.3 Å². The molecule has 1 saturated heterocycles. The van der Waals surface area contributed by atoms with Crippen LogP contribution in [0.2, 0.25) is 0 Å². The molecule has 0 radical (unpaired) electrons. The summed E-state index contributed by atoms with van der Waals surface area (Å²) in [7, 11) is -2.46. The number of para-hydroxylation sites is 1. The Morgan fingerprint density at radius 1 is 1.12 bits per heavy atom. The van der Waals surface area contributed by atoms with Gasteiger partial charge in [-0.3, -0.25) is 14.4 Å². The average molecular weight is 489 g/mol. The zero-order valence-electron chi connectivity index (χ0n) is 19.2. The van der Waals surface area contributed by atoms with Gasteiger partial charge in [-0.15, -0.1) is 0 Å². The fourth-order valence-corrected chi connectivity index (χ4v) is 4.95. The van der Waals surface area contributed by atoms with E-state index in [4.69, 9.17) is 4.74 Å². The van der Waals surface area contributed by atoms with E-state index in [1.54, 1.807) is 44.2 Å². The number of nitrogens with one attached hydrogen (secondary N) is 3. The van der Waals surface area contributed by atoms with Crippen LogP contribution in [0.25, 0.3) is 0 Å². The van der Waals surface area contributed by atoms with Crippen molar-refractivity contribution >= 4 is 33.4 Å². The summed E-state index contributed by atoms with van der Waals surface area (Å²) in [5, 5.41) is 8.00. The van der Waals surface area contributed by atoms with Gasteiger partial charge < -0.3 is 20.7 Å². The first-order valence-electron chi connectivity index (χ1n) is 10.7. The van der Waals surface area contributed by atoms with Crippen LogP contribution in [0.15, 0.2) is 53.4 Å². The van der Waals surface area contributed by atoms with E-state index in [1.165, 1.54) is 25.3 Å². The molecule has 1 unspecified atom stereocenters. The van der Waals surface area contributed by atoms with E-state index in [0.717, 1.165) is 4.31 Å². The maximum Gasteiger partial charge on any atom is 0.255 e. The molecular formula is C23H28N4O6S. The summed E-state index contributed by atoms with van der Waals surface area (Å²) >= 11 is 0. The molecule has 1 atom stereocenters. The third-order valence-electron chi connectivity index (χ3n) is 5.33. The van der Waals surface area contributed by atoms with E-state index in [1.807, 2.05) is 0 Å². The summed E-state index contributed by atoms with van der Waals surface area (Å²) in [5.41, 5.74) is 0.548. The van der Waals surface area contributed by atoms with Gasteiger partial charge in [-0.2, -0.15) is 4.31 Å². The van der Waals surface area contributed by atoms with E-state index in [9.17, 15) is 22.8 Å². The molecule has 0 saturated carbocycles. The fourth-order valence-electron chi connectivity index (χ4n) is 3.51. The van der Waals surface area contributed by atoms with Gasteiger partial charge in [-0.05, 0) is 36.2 Å². The van der Waals surface area contributed by atoms with Crippen molar-refractivity contribution < 1.29 is 27.5 Å². The van der Waals surface area contributed by atoms with Crippen molar-refractivity contribution in [1.29, 1.82) is 0 Å². The molecule has 1 heterocycles. The lowest BCUT2D eigenvalue weighted by molar-refractivity contribution is -0.122. The van der Waals surface area contributed by atoms with Gasteiger partial charge in [0.1, 0.15) is 11.8 Å². The topological polar surface area (TPSA) is 134 Å². The van der Waals surface area contributed by atoms with E-state index in [-0.39, 0.29) is 42.0 Å². The van der Waals surface area contributed by atoms with Gasteiger partial charge in [0.25, 0.3) is 5.91 Å². The number of sulfonamides is 1.